The smallest absolute Gasteiger partial charge is 0.144 e. The molecule has 1 heterocycles. The fraction of sp³-hybridized carbons (Fsp3) is 0.0909. The summed E-state index contributed by atoms with van der Waals surface area (Å²) >= 11 is 4.64. The van der Waals surface area contributed by atoms with Gasteiger partial charge in [-0.2, -0.15) is 0 Å². The average Bonchev–Trinajstić information content (AvgIpc) is 2.62. The van der Waals surface area contributed by atoms with Crippen molar-refractivity contribution in [3.05, 3.63) is 44.6 Å². The Morgan fingerprint density at radius 2 is 1.89 bits per heavy atom. The fourth-order valence-electron chi connectivity index (χ4n) is 1.43. The van der Waals surface area contributed by atoms with E-state index in [4.69, 9.17) is 5.73 Å². The highest BCUT2D eigenvalue weighted by Crippen LogP contribution is 2.26. The van der Waals surface area contributed by atoms with Gasteiger partial charge in [-0.3, -0.25) is 4.21 Å². The Kier molecular flexibility index (Phi) is 4.14. The van der Waals surface area contributed by atoms with Gasteiger partial charge in [0, 0.05) is 20.4 Å². The molecule has 0 saturated heterocycles. The van der Waals surface area contributed by atoms with Crippen LogP contribution < -0.4 is 5.73 Å². The first-order valence-corrected chi connectivity index (χ1v) is 7.82. The van der Waals surface area contributed by atoms with E-state index >= 15 is 0 Å². The maximum absolute atomic E-state index is 13.6. The van der Waals surface area contributed by atoms with Crippen LogP contribution in [0.4, 0.5) is 14.5 Å². The Balaban J connectivity index is 2.29. The zero-order valence-electron chi connectivity index (χ0n) is 8.95. The topological polar surface area (TPSA) is 43.1 Å². The molecule has 96 valence electrons. The Morgan fingerprint density at radius 1 is 1.28 bits per heavy atom. The predicted molar refractivity (Wildman–Crippen MR) is 72.9 cm³/mol. The van der Waals surface area contributed by atoms with Gasteiger partial charge in [-0.15, -0.1) is 11.3 Å². The Bertz CT molecular complexity index is 592. The highest BCUT2D eigenvalue weighted by molar-refractivity contribution is 9.10. The summed E-state index contributed by atoms with van der Waals surface area (Å²) in [6.45, 7) is 0. The first kappa shape index (κ1) is 13.6. The predicted octanol–water partition coefficient (Wildman–Crippen LogP) is 3.68. The number of nitrogens with two attached hydrogens (primary N) is 1. The van der Waals surface area contributed by atoms with Crippen molar-refractivity contribution in [3.8, 4) is 0 Å². The zero-order valence-corrected chi connectivity index (χ0v) is 12.2. The number of anilines is 1. The zero-order chi connectivity index (χ0) is 13.3. The lowest BCUT2D eigenvalue weighted by Crippen LogP contribution is -2.03. The maximum Gasteiger partial charge on any atom is 0.144 e. The highest BCUT2D eigenvalue weighted by Gasteiger charge is 2.17. The van der Waals surface area contributed by atoms with Crippen LogP contribution in [0.25, 0.3) is 0 Å². The number of hydrogen-bond donors (Lipinski definition) is 1. The van der Waals surface area contributed by atoms with Crippen LogP contribution in [0, 0.1) is 11.6 Å². The van der Waals surface area contributed by atoms with Crippen LogP contribution in [0.15, 0.2) is 32.9 Å². The monoisotopic (exact) mass is 351 g/mol. The van der Waals surface area contributed by atoms with Crippen molar-refractivity contribution < 1.29 is 13.0 Å². The van der Waals surface area contributed by atoms with Crippen LogP contribution in [-0.2, 0) is 16.6 Å². The molecule has 0 aliphatic carbocycles. The number of thiophene rings is 1. The van der Waals surface area contributed by atoms with Crippen molar-refractivity contribution in [2.75, 3.05) is 5.73 Å². The second kappa shape index (κ2) is 5.46. The molecule has 1 atom stereocenters. The van der Waals surface area contributed by atoms with E-state index in [0.717, 1.165) is 21.5 Å². The normalized spacial score (nSPS) is 12.6. The minimum absolute atomic E-state index is 0.0235. The number of benzene rings is 1. The summed E-state index contributed by atoms with van der Waals surface area (Å²) in [6, 6.07) is 3.72. The Labute approximate surface area is 117 Å². The summed E-state index contributed by atoms with van der Waals surface area (Å²) in [7, 11) is -1.77. The van der Waals surface area contributed by atoms with E-state index in [2.05, 4.69) is 15.9 Å². The van der Waals surface area contributed by atoms with Gasteiger partial charge >= 0.3 is 0 Å². The van der Waals surface area contributed by atoms with Crippen LogP contribution >= 0.6 is 27.3 Å². The van der Waals surface area contributed by atoms with E-state index in [1.165, 1.54) is 11.3 Å². The van der Waals surface area contributed by atoms with Crippen molar-refractivity contribution in [3.63, 3.8) is 0 Å². The van der Waals surface area contributed by atoms with Gasteiger partial charge in [-0.05, 0) is 34.1 Å². The van der Waals surface area contributed by atoms with Gasteiger partial charge in [0.1, 0.15) is 16.5 Å². The molecule has 2 N–H and O–H groups in total. The van der Waals surface area contributed by atoms with E-state index in [9.17, 15) is 13.0 Å². The van der Waals surface area contributed by atoms with Gasteiger partial charge in [-0.25, -0.2) is 8.78 Å². The van der Waals surface area contributed by atoms with E-state index in [1.807, 2.05) is 5.38 Å². The minimum Gasteiger partial charge on any atom is -0.399 e. The molecule has 1 aromatic heterocycles. The summed E-state index contributed by atoms with van der Waals surface area (Å²) in [4.78, 5) is 0.365. The van der Waals surface area contributed by atoms with Crippen LogP contribution in [0.3, 0.4) is 0 Å². The van der Waals surface area contributed by atoms with E-state index in [0.29, 0.717) is 0 Å². The largest absolute Gasteiger partial charge is 0.399 e. The molecule has 0 bridgehead atoms. The van der Waals surface area contributed by atoms with Gasteiger partial charge in [0.05, 0.1) is 16.6 Å². The standard InChI is InChI=1S/C11H8BrF2NOS2/c12-6-1-8(17-4-6)5-18(16)11-9(13)2-7(15)3-10(11)14/h1-4H,5,15H2. The molecular weight excluding hydrogens is 344 g/mol. The molecule has 0 saturated carbocycles. The summed E-state index contributed by atoms with van der Waals surface area (Å²) in [5.74, 6) is -1.67. The molecule has 2 rings (SSSR count). The third-order valence-corrected chi connectivity index (χ3v) is 5.44. The summed E-state index contributed by atoms with van der Waals surface area (Å²) < 4.78 is 39.9. The molecule has 0 radical (unpaired) electrons. The summed E-state index contributed by atoms with van der Waals surface area (Å²) in [5, 5.41) is 1.82. The third-order valence-electron chi connectivity index (χ3n) is 2.14. The van der Waals surface area contributed by atoms with Gasteiger partial charge in [0.25, 0.3) is 0 Å². The van der Waals surface area contributed by atoms with E-state index in [1.54, 1.807) is 6.07 Å². The van der Waals surface area contributed by atoms with Gasteiger partial charge in [0.15, 0.2) is 0 Å². The maximum atomic E-state index is 13.6. The van der Waals surface area contributed by atoms with Crippen LogP contribution in [-0.4, -0.2) is 4.21 Å². The summed E-state index contributed by atoms with van der Waals surface area (Å²) in [6.07, 6.45) is 0. The second-order valence-electron chi connectivity index (χ2n) is 3.53. The Morgan fingerprint density at radius 3 is 2.39 bits per heavy atom. The molecule has 0 aliphatic rings. The lowest BCUT2D eigenvalue weighted by Gasteiger charge is -2.05. The molecule has 18 heavy (non-hydrogen) atoms. The van der Waals surface area contributed by atoms with Gasteiger partial charge in [0.2, 0.25) is 0 Å². The first-order valence-electron chi connectivity index (χ1n) is 4.83. The van der Waals surface area contributed by atoms with Crippen LogP contribution in [0.1, 0.15) is 4.88 Å². The number of halogens is 3. The number of rotatable bonds is 3. The quantitative estimate of drug-likeness (QED) is 0.857. The number of hydrogen-bond acceptors (Lipinski definition) is 3. The molecule has 2 aromatic rings. The number of nitrogen functional groups attached to an aromatic ring is 1. The average molecular weight is 352 g/mol. The Hall–Kier alpha value is -0.790. The lowest BCUT2D eigenvalue weighted by molar-refractivity contribution is 0.535. The third kappa shape index (κ3) is 2.96. The molecular formula is C11H8BrF2NOS2. The molecule has 0 aliphatic heterocycles. The van der Waals surface area contributed by atoms with Crippen LogP contribution in [0.5, 0.6) is 0 Å². The molecule has 0 spiro atoms. The fourth-order valence-corrected chi connectivity index (χ4v) is 4.30. The summed E-state index contributed by atoms with van der Waals surface area (Å²) in [5.41, 5.74) is 5.28. The van der Waals surface area contributed by atoms with Crippen molar-refractivity contribution in [1.82, 2.24) is 0 Å². The van der Waals surface area contributed by atoms with Crippen LogP contribution in [0.2, 0.25) is 0 Å². The van der Waals surface area contributed by atoms with Gasteiger partial charge in [-0.1, -0.05) is 0 Å². The SMILES string of the molecule is Nc1cc(F)c(S(=O)Cc2cc(Br)cs2)c(F)c1. The molecule has 0 amide bonds. The molecule has 1 unspecified atom stereocenters. The van der Waals surface area contributed by atoms with Crippen molar-refractivity contribution >= 4 is 43.8 Å². The van der Waals surface area contributed by atoms with E-state index in [-0.39, 0.29) is 11.4 Å². The van der Waals surface area contributed by atoms with E-state index < -0.39 is 27.3 Å². The van der Waals surface area contributed by atoms with Crippen molar-refractivity contribution in [2.24, 2.45) is 0 Å². The molecule has 2 nitrogen and oxygen atoms in total. The lowest BCUT2D eigenvalue weighted by atomic mass is 10.3. The van der Waals surface area contributed by atoms with Crippen molar-refractivity contribution in [1.29, 1.82) is 0 Å². The molecule has 0 fully saturated rings. The second-order valence-corrected chi connectivity index (χ2v) is 6.83. The van der Waals surface area contributed by atoms with Gasteiger partial charge < -0.3 is 5.73 Å². The van der Waals surface area contributed by atoms with Crippen molar-refractivity contribution in [2.45, 2.75) is 10.6 Å². The molecule has 1 aromatic carbocycles. The highest BCUT2D eigenvalue weighted by atomic mass is 79.9. The first-order chi connectivity index (χ1) is 8.47. The molecule has 7 heteroatoms. The minimum atomic E-state index is -1.77.